The van der Waals surface area contributed by atoms with E-state index < -0.39 is 17.7 Å². The van der Waals surface area contributed by atoms with Crippen molar-refractivity contribution >= 4 is 17.7 Å². The maximum Gasteiger partial charge on any atom is 0.336 e. The van der Waals surface area contributed by atoms with Gasteiger partial charge < -0.3 is 15.2 Å². The fraction of sp³-hybridized carbons (Fsp3) is 0.400. The molecule has 3 rings (SSSR count). The van der Waals surface area contributed by atoms with E-state index in [-0.39, 0.29) is 11.7 Å². The van der Waals surface area contributed by atoms with E-state index in [1.165, 1.54) is 6.08 Å². The number of Topliss-reactive ketones (excluding diaryl/α,β-unsaturated/α-hetero) is 1. The maximum absolute atomic E-state index is 12.5. The summed E-state index contributed by atoms with van der Waals surface area (Å²) in [5.41, 5.74) is -0.0209. The van der Waals surface area contributed by atoms with E-state index >= 15 is 0 Å². The Labute approximate surface area is 121 Å². The summed E-state index contributed by atoms with van der Waals surface area (Å²) in [5.74, 6) is -1.70. The summed E-state index contributed by atoms with van der Waals surface area (Å²) in [7, 11) is 0. The number of ether oxygens (including phenoxy) is 1. The van der Waals surface area contributed by atoms with E-state index in [0.29, 0.717) is 36.0 Å². The number of carboxylic acid groups (broad SMARTS) is 1. The largest absolute Gasteiger partial charge is 0.478 e. The third kappa shape index (κ3) is 2.07. The summed E-state index contributed by atoms with van der Waals surface area (Å²) in [6.45, 7) is 1.60. The minimum Gasteiger partial charge on any atom is -0.478 e. The Balaban J connectivity index is 1.77. The molecule has 2 aliphatic heterocycles. The van der Waals surface area contributed by atoms with Crippen molar-refractivity contribution in [1.82, 2.24) is 5.32 Å². The number of ketones is 1. The first-order valence-electron chi connectivity index (χ1n) is 6.80. The van der Waals surface area contributed by atoms with Gasteiger partial charge in [0, 0.05) is 22.9 Å². The van der Waals surface area contributed by atoms with Gasteiger partial charge in [-0.05, 0) is 38.2 Å². The lowest BCUT2D eigenvalue weighted by molar-refractivity contribution is -0.154. The topological polar surface area (TPSA) is 92.7 Å². The maximum atomic E-state index is 12.5. The number of esters is 1. The molecule has 2 N–H and O–H groups in total. The Morgan fingerprint density at radius 1 is 1.48 bits per heavy atom. The Morgan fingerprint density at radius 2 is 2.24 bits per heavy atom. The van der Waals surface area contributed by atoms with Crippen LogP contribution < -0.4 is 5.32 Å². The summed E-state index contributed by atoms with van der Waals surface area (Å²) >= 11 is 0. The Hall–Kier alpha value is -2.37. The molecule has 3 aliphatic rings. The lowest BCUT2D eigenvalue weighted by Gasteiger charge is -2.23. The molecule has 6 nitrogen and oxygen atoms in total. The first-order chi connectivity index (χ1) is 9.93. The summed E-state index contributed by atoms with van der Waals surface area (Å²) in [6.07, 6.45) is 6.30. The van der Waals surface area contributed by atoms with Gasteiger partial charge >= 0.3 is 11.9 Å². The Morgan fingerprint density at radius 3 is 2.76 bits per heavy atom. The van der Waals surface area contributed by atoms with Crippen molar-refractivity contribution < 1.29 is 24.2 Å². The predicted molar refractivity (Wildman–Crippen MR) is 71.9 cm³/mol. The standard InChI is InChI=1S/C15H15NO5/c1-8-6-15(21-14(8)20)12(17)11(7-16-15)9-2-4-10(5-3-9)13(18)19/h4,6-7,9,16H,2-3,5H2,1H3,(H,18,19)/t9-,15-/m0/s1. The van der Waals surface area contributed by atoms with Crippen LogP contribution in [0.3, 0.4) is 0 Å². The summed E-state index contributed by atoms with van der Waals surface area (Å²) in [5, 5.41) is 11.8. The zero-order valence-corrected chi connectivity index (χ0v) is 11.5. The average Bonchev–Trinajstić information content (AvgIpc) is 2.91. The molecule has 0 amide bonds. The molecule has 2 atom stereocenters. The van der Waals surface area contributed by atoms with Gasteiger partial charge in [-0.15, -0.1) is 0 Å². The summed E-state index contributed by atoms with van der Waals surface area (Å²) < 4.78 is 5.16. The van der Waals surface area contributed by atoms with Crippen molar-refractivity contribution in [2.24, 2.45) is 5.92 Å². The van der Waals surface area contributed by atoms with E-state index in [1.807, 2.05) is 0 Å². The van der Waals surface area contributed by atoms with E-state index in [0.717, 1.165) is 0 Å². The molecule has 0 radical (unpaired) electrons. The van der Waals surface area contributed by atoms with E-state index in [1.54, 1.807) is 19.2 Å². The van der Waals surface area contributed by atoms with Crippen molar-refractivity contribution in [1.29, 1.82) is 0 Å². The third-order valence-electron chi connectivity index (χ3n) is 4.16. The molecule has 0 saturated heterocycles. The molecule has 0 aromatic carbocycles. The third-order valence-corrected chi connectivity index (χ3v) is 4.16. The van der Waals surface area contributed by atoms with Gasteiger partial charge in [0.25, 0.3) is 5.72 Å². The van der Waals surface area contributed by atoms with Crippen LogP contribution in [-0.4, -0.2) is 28.6 Å². The normalized spacial score (nSPS) is 31.5. The second kappa shape index (κ2) is 4.58. The van der Waals surface area contributed by atoms with Gasteiger partial charge in [-0.2, -0.15) is 0 Å². The lowest BCUT2D eigenvalue weighted by Crippen LogP contribution is -2.45. The molecule has 0 fully saturated rings. The van der Waals surface area contributed by atoms with Gasteiger partial charge in [-0.25, -0.2) is 9.59 Å². The van der Waals surface area contributed by atoms with Crippen LogP contribution in [0.2, 0.25) is 0 Å². The highest BCUT2D eigenvalue weighted by Crippen LogP contribution is 2.37. The van der Waals surface area contributed by atoms with Crippen molar-refractivity contribution in [3.63, 3.8) is 0 Å². The first kappa shape index (κ1) is 13.6. The van der Waals surface area contributed by atoms with Crippen molar-refractivity contribution in [3.8, 4) is 0 Å². The monoisotopic (exact) mass is 289 g/mol. The zero-order valence-electron chi connectivity index (χ0n) is 11.5. The van der Waals surface area contributed by atoms with Crippen LogP contribution >= 0.6 is 0 Å². The SMILES string of the molecule is CC1=C[C@]2(NC=C([C@H]3CC=C(C(=O)O)CC3)C2=O)OC1=O. The second-order valence-electron chi connectivity index (χ2n) is 5.53. The van der Waals surface area contributed by atoms with Crippen molar-refractivity contribution in [2.45, 2.75) is 31.9 Å². The Kier molecular flexibility index (Phi) is 2.97. The number of aliphatic carboxylic acids is 1. The van der Waals surface area contributed by atoms with Crippen molar-refractivity contribution in [2.75, 3.05) is 0 Å². The highest BCUT2D eigenvalue weighted by atomic mass is 16.6. The quantitative estimate of drug-likeness (QED) is 0.738. The average molecular weight is 289 g/mol. The van der Waals surface area contributed by atoms with E-state index in [4.69, 9.17) is 9.84 Å². The molecular weight excluding hydrogens is 274 g/mol. The fourth-order valence-electron chi connectivity index (χ4n) is 2.95. The van der Waals surface area contributed by atoms with Crippen LogP contribution in [-0.2, 0) is 19.1 Å². The van der Waals surface area contributed by atoms with Crippen LogP contribution in [0.1, 0.15) is 26.2 Å². The molecule has 21 heavy (non-hydrogen) atoms. The molecule has 6 heteroatoms. The van der Waals surface area contributed by atoms with Gasteiger partial charge in [0.15, 0.2) is 0 Å². The zero-order chi connectivity index (χ0) is 15.2. The molecule has 110 valence electrons. The summed E-state index contributed by atoms with van der Waals surface area (Å²) in [6, 6.07) is 0. The van der Waals surface area contributed by atoms with Gasteiger partial charge in [0.1, 0.15) is 0 Å². The van der Waals surface area contributed by atoms with Crippen LogP contribution in [0.25, 0.3) is 0 Å². The number of nitrogens with one attached hydrogen (secondary N) is 1. The number of hydrogen-bond acceptors (Lipinski definition) is 5. The number of carboxylic acids is 1. The van der Waals surface area contributed by atoms with Gasteiger partial charge in [-0.1, -0.05) is 6.08 Å². The molecular formula is C15H15NO5. The molecule has 0 aromatic rings. The lowest BCUT2D eigenvalue weighted by atomic mass is 9.82. The van der Waals surface area contributed by atoms with Crippen LogP contribution in [0.5, 0.6) is 0 Å². The van der Waals surface area contributed by atoms with Crippen LogP contribution in [0.15, 0.2) is 35.1 Å². The number of carbonyl (C=O) groups is 3. The van der Waals surface area contributed by atoms with Crippen LogP contribution in [0.4, 0.5) is 0 Å². The molecule has 0 unspecified atom stereocenters. The first-order valence-corrected chi connectivity index (χ1v) is 6.80. The number of allylic oxidation sites excluding steroid dienone is 1. The molecule has 0 aromatic heterocycles. The predicted octanol–water partition coefficient (Wildman–Crippen LogP) is 1.05. The fourth-order valence-corrected chi connectivity index (χ4v) is 2.95. The van der Waals surface area contributed by atoms with E-state index in [2.05, 4.69) is 5.32 Å². The highest BCUT2D eigenvalue weighted by Gasteiger charge is 2.50. The summed E-state index contributed by atoms with van der Waals surface area (Å²) in [4.78, 5) is 34.9. The Bertz CT molecular complexity index is 642. The number of hydrogen-bond donors (Lipinski definition) is 2. The molecule has 1 aliphatic carbocycles. The van der Waals surface area contributed by atoms with Gasteiger partial charge in [-0.3, -0.25) is 4.79 Å². The highest BCUT2D eigenvalue weighted by molar-refractivity contribution is 6.10. The van der Waals surface area contributed by atoms with E-state index in [9.17, 15) is 14.4 Å². The molecule has 0 saturated carbocycles. The second-order valence-corrected chi connectivity index (χ2v) is 5.53. The number of carbonyl (C=O) groups excluding carboxylic acids is 2. The minimum atomic E-state index is -1.38. The van der Waals surface area contributed by atoms with Crippen LogP contribution in [0, 0.1) is 5.92 Å². The minimum absolute atomic E-state index is 0.0412. The smallest absolute Gasteiger partial charge is 0.336 e. The number of rotatable bonds is 2. The molecule has 1 spiro atoms. The van der Waals surface area contributed by atoms with Gasteiger partial charge in [0.2, 0.25) is 5.78 Å². The van der Waals surface area contributed by atoms with Gasteiger partial charge in [0.05, 0.1) is 0 Å². The molecule has 2 heterocycles. The molecule has 0 bridgehead atoms. The van der Waals surface area contributed by atoms with Crippen molar-refractivity contribution in [3.05, 3.63) is 35.1 Å².